The molecule has 0 radical (unpaired) electrons. The lowest BCUT2D eigenvalue weighted by Gasteiger charge is -2.22. The third kappa shape index (κ3) is 1.71. The molecule has 0 amide bonds. The van der Waals surface area contributed by atoms with Crippen molar-refractivity contribution in [3.63, 3.8) is 0 Å². The molecule has 0 aliphatic carbocycles. The van der Waals surface area contributed by atoms with Crippen LogP contribution >= 0.6 is 11.3 Å². The Morgan fingerprint density at radius 3 is 3.11 bits per heavy atom. The van der Waals surface area contributed by atoms with Crippen LogP contribution in [-0.4, -0.2) is 10.2 Å². The maximum atomic E-state index is 9.36. The number of fused-ring (bicyclic) bond motifs is 1. The Labute approximate surface area is 114 Å². The summed E-state index contributed by atoms with van der Waals surface area (Å²) in [6.07, 6.45) is 0.798. The van der Waals surface area contributed by atoms with Gasteiger partial charge in [0.15, 0.2) is 0 Å². The Bertz CT molecular complexity index is 678. The van der Waals surface area contributed by atoms with E-state index in [1.54, 1.807) is 11.3 Å². The number of ether oxygens (including phenoxy) is 1. The second-order valence-corrected chi connectivity index (χ2v) is 5.19. The number of nitriles is 1. The summed E-state index contributed by atoms with van der Waals surface area (Å²) < 4.78 is 5.44. The number of hydrogen-bond donors (Lipinski definition) is 2. The molecule has 0 spiro atoms. The summed E-state index contributed by atoms with van der Waals surface area (Å²) in [6, 6.07) is 6.13. The molecule has 0 fully saturated rings. The second kappa shape index (κ2) is 4.44. The quantitative estimate of drug-likeness (QED) is 0.877. The predicted octanol–water partition coefficient (Wildman–Crippen LogP) is 2.25. The van der Waals surface area contributed by atoms with E-state index in [0.717, 1.165) is 22.6 Å². The Balaban J connectivity index is 2.24. The van der Waals surface area contributed by atoms with Crippen LogP contribution in [-0.2, 0) is 6.42 Å². The van der Waals surface area contributed by atoms with E-state index in [1.165, 1.54) is 0 Å². The van der Waals surface area contributed by atoms with Crippen LogP contribution in [0, 0.1) is 11.3 Å². The van der Waals surface area contributed by atoms with Gasteiger partial charge in [-0.2, -0.15) is 5.26 Å². The summed E-state index contributed by atoms with van der Waals surface area (Å²) in [5.41, 5.74) is 8.19. The molecule has 2 aromatic heterocycles. The van der Waals surface area contributed by atoms with Gasteiger partial charge in [-0.3, -0.25) is 5.10 Å². The number of aromatic amines is 1. The summed E-state index contributed by atoms with van der Waals surface area (Å²) in [5, 5.41) is 18.5. The van der Waals surface area contributed by atoms with Crippen molar-refractivity contribution in [1.82, 2.24) is 10.2 Å². The third-order valence-electron chi connectivity index (χ3n) is 3.20. The van der Waals surface area contributed by atoms with E-state index in [1.807, 2.05) is 24.4 Å². The topological polar surface area (TPSA) is 87.7 Å². The number of allylic oxidation sites excluding steroid dienone is 1. The maximum absolute atomic E-state index is 9.36. The molecule has 3 N–H and O–H groups in total. The van der Waals surface area contributed by atoms with Crippen LogP contribution in [0.25, 0.3) is 0 Å². The van der Waals surface area contributed by atoms with Gasteiger partial charge in [0.2, 0.25) is 11.8 Å². The standard InChI is InChI=1S/C13H12N4OS/c1-2-8-11-10(9-4-3-5-19-9)7(6-14)12(15)18-13(11)17-16-8/h3-5,10H,2,15H2,1H3,(H,16,17)/t10-/m1/s1. The lowest BCUT2D eigenvalue weighted by Crippen LogP contribution is -2.20. The first-order chi connectivity index (χ1) is 9.26. The highest BCUT2D eigenvalue weighted by atomic mass is 32.1. The van der Waals surface area contributed by atoms with Crippen LogP contribution in [0.4, 0.5) is 0 Å². The van der Waals surface area contributed by atoms with Gasteiger partial charge in [0.1, 0.15) is 11.6 Å². The van der Waals surface area contributed by atoms with Crippen molar-refractivity contribution in [3.05, 3.63) is 45.1 Å². The summed E-state index contributed by atoms with van der Waals surface area (Å²) >= 11 is 1.60. The highest BCUT2D eigenvalue weighted by Gasteiger charge is 2.35. The van der Waals surface area contributed by atoms with Gasteiger partial charge in [0.25, 0.3) is 0 Å². The number of rotatable bonds is 2. The molecule has 0 saturated carbocycles. The van der Waals surface area contributed by atoms with Gasteiger partial charge in [0.05, 0.1) is 11.5 Å². The van der Waals surface area contributed by atoms with E-state index in [4.69, 9.17) is 10.5 Å². The summed E-state index contributed by atoms with van der Waals surface area (Å²) in [7, 11) is 0. The van der Waals surface area contributed by atoms with Crippen LogP contribution in [0.15, 0.2) is 29.0 Å². The van der Waals surface area contributed by atoms with Gasteiger partial charge in [-0.1, -0.05) is 13.0 Å². The minimum Gasteiger partial charge on any atom is -0.420 e. The van der Waals surface area contributed by atoms with E-state index in [-0.39, 0.29) is 11.8 Å². The zero-order chi connectivity index (χ0) is 13.4. The molecule has 96 valence electrons. The molecule has 0 aromatic carbocycles. The van der Waals surface area contributed by atoms with Gasteiger partial charge in [-0.25, -0.2) is 0 Å². The number of nitrogens with two attached hydrogens (primary N) is 1. The third-order valence-corrected chi connectivity index (χ3v) is 4.14. The summed E-state index contributed by atoms with van der Waals surface area (Å²) in [6.45, 7) is 2.03. The molecule has 0 bridgehead atoms. The first-order valence-electron chi connectivity index (χ1n) is 5.94. The SMILES string of the molecule is CCc1[nH]nc2c1[C@@H](c1cccs1)C(C#N)=C(N)O2. The molecular weight excluding hydrogens is 260 g/mol. The average molecular weight is 272 g/mol. The van der Waals surface area contributed by atoms with Crippen molar-refractivity contribution in [1.29, 1.82) is 5.26 Å². The number of nitrogens with zero attached hydrogens (tertiary/aromatic N) is 2. The van der Waals surface area contributed by atoms with Gasteiger partial charge in [0, 0.05) is 10.6 Å². The van der Waals surface area contributed by atoms with E-state index in [2.05, 4.69) is 16.3 Å². The fraction of sp³-hybridized carbons (Fsp3) is 0.231. The normalized spacial score (nSPS) is 17.8. The molecule has 1 aliphatic heterocycles. The molecule has 1 aliphatic rings. The first kappa shape index (κ1) is 11.8. The van der Waals surface area contributed by atoms with Crippen molar-refractivity contribution in [3.8, 4) is 11.9 Å². The van der Waals surface area contributed by atoms with Gasteiger partial charge < -0.3 is 10.5 Å². The minimum absolute atomic E-state index is 0.141. The highest BCUT2D eigenvalue weighted by molar-refractivity contribution is 7.10. The van der Waals surface area contributed by atoms with E-state index < -0.39 is 0 Å². The molecule has 5 nitrogen and oxygen atoms in total. The van der Waals surface area contributed by atoms with Crippen LogP contribution in [0.1, 0.15) is 29.0 Å². The maximum Gasteiger partial charge on any atom is 0.244 e. The molecule has 1 atom stereocenters. The molecular formula is C13H12N4OS. The molecule has 2 aromatic rings. The number of thiophene rings is 1. The Morgan fingerprint density at radius 2 is 2.47 bits per heavy atom. The van der Waals surface area contributed by atoms with Crippen LogP contribution in [0.2, 0.25) is 0 Å². The van der Waals surface area contributed by atoms with Crippen molar-refractivity contribution in [2.24, 2.45) is 5.73 Å². The summed E-state index contributed by atoms with van der Waals surface area (Å²) in [4.78, 5) is 1.07. The number of H-pyrrole nitrogens is 1. The fourth-order valence-corrected chi connectivity index (χ4v) is 3.16. The zero-order valence-corrected chi connectivity index (χ0v) is 11.1. The number of hydrogen-bond acceptors (Lipinski definition) is 5. The minimum atomic E-state index is -0.178. The predicted molar refractivity (Wildman–Crippen MR) is 71.6 cm³/mol. The number of nitrogens with one attached hydrogen (secondary N) is 1. The van der Waals surface area contributed by atoms with Crippen LogP contribution in [0.5, 0.6) is 5.88 Å². The Hall–Kier alpha value is -2.26. The van der Waals surface area contributed by atoms with Crippen LogP contribution < -0.4 is 10.5 Å². The van der Waals surface area contributed by atoms with Crippen molar-refractivity contribution >= 4 is 11.3 Å². The smallest absolute Gasteiger partial charge is 0.244 e. The zero-order valence-electron chi connectivity index (χ0n) is 10.3. The van der Waals surface area contributed by atoms with Crippen molar-refractivity contribution < 1.29 is 4.74 Å². The number of aromatic nitrogens is 2. The average Bonchev–Trinajstić information content (AvgIpc) is 3.05. The largest absolute Gasteiger partial charge is 0.420 e. The summed E-state index contributed by atoms with van der Waals surface area (Å²) in [5.74, 6) is 0.441. The lowest BCUT2D eigenvalue weighted by atomic mass is 9.88. The van der Waals surface area contributed by atoms with Crippen molar-refractivity contribution in [2.75, 3.05) is 0 Å². The molecule has 0 unspecified atom stereocenters. The monoisotopic (exact) mass is 272 g/mol. The first-order valence-corrected chi connectivity index (χ1v) is 6.82. The van der Waals surface area contributed by atoms with Crippen molar-refractivity contribution in [2.45, 2.75) is 19.3 Å². The fourth-order valence-electron chi connectivity index (χ4n) is 2.32. The van der Waals surface area contributed by atoms with E-state index >= 15 is 0 Å². The van der Waals surface area contributed by atoms with E-state index in [9.17, 15) is 5.26 Å². The molecule has 3 rings (SSSR count). The van der Waals surface area contributed by atoms with Crippen LogP contribution in [0.3, 0.4) is 0 Å². The molecule has 0 saturated heterocycles. The molecule has 19 heavy (non-hydrogen) atoms. The Morgan fingerprint density at radius 1 is 1.63 bits per heavy atom. The Kier molecular flexibility index (Phi) is 2.76. The highest BCUT2D eigenvalue weighted by Crippen LogP contribution is 2.44. The number of aryl methyl sites for hydroxylation is 1. The van der Waals surface area contributed by atoms with Gasteiger partial charge in [-0.15, -0.1) is 16.4 Å². The van der Waals surface area contributed by atoms with Gasteiger partial charge >= 0.3 is 0 Å². The van der Waals surface area contributed by atoms with E-state index in [0.29, 0.717) is 11.5 Å². The second-order valence-electron chi connectivity index (χ2n) is 4.21. The van der Waals surface area contributed by atoms with Gasteiger partial charge in [-0.05, 0) is 17.9 Å². The molecule has 3 heterocycles. The lowest BCUT2D eigenvalue weighted by molar-refractivity contribution is 0.379. The molecule has 6 heteroatoms.